The van der Waals surface area contributed by atoms with Crippen molar-refractivity contribution in [2.75, 3.05) is 32.1 Å². The zero-order valence-electron chi connectivity index (χ0n) is 11.4. The average molecular weight is 247 g/mol. The number of aromatic nitrogens is 1. The second kappa shape index (κ2) is 5.38. The quantitative estimate of drug-likeness (QED) is 0.798. The molecule has 0 bridgehead atoms. The van der Waals surface area contributed by atoms with Gasteiger partial charge >= 0.3 is 0 Å². The van der Waals surface area contributed by atoms with Gasteiger partial charge in [-0.1, -0.05) is 6.07 Å². The summed E-state index contributed by atoms with van der Waals surface area (Å²) in [5.74, 6) is 1.33. The van der Waals surface area contributed by atoms with Crippen molar-refractivity contribution in [2.24, 2.45) is 5.92 Å². The number of hydrogen-bond donors (Lipinski definition) is 0. The van der Waals surface area contributed by atoms with E-state index in [9.17, 15) is 4.79 Å². The Labute approximate surface area is 109 Å². The van der Waals surface area contributed by atoms with Crippen molar-refractivity contribution in [1.29, 1.82) is 0 Å². The van der Waals surface area contributed by atoms with E-state index in [2.05, 4.69) is 9.88 Å². The molecule has 0 aliphatic carbocycles. The first kappa shape index (κ1) is 12.9. The number of carbonyl (C=O) groups is 1. The van der Waals surface area contributed by atoms with Crippen LogP contribution in [0.1, 0.15) is 18.5 Å². The van der Waals surface area contributed by atoms with E-state index in [1.165, 1.54) is 0 Å². The molecule has 98 valence electrons. The molecule has 1 amide bonds. The lowest BCUT2D eigenvalue weighted by atomic mass is 9.97. The minimum Gasteiger partial charge on any atom is -0.356 e. The van der Waals surface area contributed by atoms with Crippen LogP contribution in [0.15, 0.2) is 18.2 Å². The van der Waals surface area contributed by atoms with Gasteiger partial charge in [-0.15, -0.1) is 0 Å². The lowest BCUT2D eigenvalue weighted by molar-refractivity contribution is -0.133. The van der Waals surface area contributed by atoms with Gasteiger partial charge in [0.25, 0.3) is 0 Å². The van der Waals surface area contributed by atoms with E-state index >= 15 is 0 Å². The Bertz CT molecular complexity index is 431. The molecule has 1 atom stereocenters. The normalized spacial score (nSPS) is 19.7. The lowest BCUT2D eigenvalue weighted by Crippen LogP contribution is -2.43. The van der Waals surface area contributed by atoms with Crippen LogP contribution in [-0.2, 0) is 4.79 Å². The summed E-state index contributed by atoms with van der Waals surface area (Å²) in [6.45, 7) is 3.77. The van der Waals surface area contributed by atoms with Crippen molar-refractivity contribution in [1.82, 2.24) is 9.88 Å². The van der Waals surface area contributed by atoms with Gasteiger partial charge in [-0.3, -0.25) is 4.79 Å². The SMILES string of the molecule is Cc1cccc(N2CCCC(C(=O)N(C)C)C2)n1. The summed E-state index contributed by atoms with van der Waals surface area (Å²) in [5.41, 5.74) is 1.02. The van der Waals surface area contributed by atoms with Crippen molar-refractivity contribution in [3.8, 4) is 0 Å². The van der Waals surface area contributed by atoms with Crippen LogP contribution in [-0.4, -0.2) is 43.0 Å². The number of piperidine rings is 1. The maximum Gasteiger partial charge on any atom is 0.226 e. The van der Waals surface area contributed by atoms with Gasteiger partial charge in [0, 0.05) is 32.9 Å². The number of amides is 1. The Morgan fingerprint density at radius 3 is 2.89 bits per heavy atom. The fourth-order valence-electron chi connectivity index (χ4n) is 2.46. The molecule has 0 N–H and O–H groups in total. The molecule has 18 heavy (non-hydrogen) atoms. The topological polar surface area (TPSA) is 36.4 Å². The lowest BCUT2D eigenvalue weighted by Gasteiger charge is -2.34. The summed E-state index contributed by atoms with van der Waals surface area (Å²) in [4.78, 5) is 20.5. The molecule has 1 aliphatic heterocycles. The first-order valence-electron chi connectivity index (χ1n) is 6.47. The maximum atomic E-state index is 12.0. The van der Waals surface area contributed by atoms with Gasteiger partial charge < -0.3 is 9.80 Å². The number of carbonyl (C=O) groups excluding carboxylic acids is 1. The summed E-state index contributed by atoms with van der Waals surface area (Å²) >= 11 is 0. The number of pyridine rings is 1. The van der Waals surface area contributed by atoms with Crippen molar-refractivity contribution in [2.45, 2.75) is 19.8 Å². The van der Waals surface area contributed by atoms with E-state index in [-0.39, 0.29) is 11.8 Å². The molecule has 1 saturated heterocycles. The third-order valence-corrected chi connectivity index (χ3v) is 3.41. The fraction of sp³-hybridized carbons (Fsp3) is 0.571. The molecule has 1 fully saturated rings. The summed E-state index contributed by atoms with van der Waals surface area (Å²) in [6, 6.07) is 6.04. The zero-order valence-corrected chi connectivity index (χ0v) is 11.4. The third kappa shape index (κ3) is 2.81. The number of aryl methyl sites for hydroxylation is 1. The molecule has 1 aromatic rings. The molecule has 0 spiro atoms. The Morgan fingerprint density at radius 2 is 2.22 bits per heavy atom. The van der Waals surface area contributed by atoms with E-state index in [0.717, 1.165) is 37.4 Å². The van der Waals surface area contributed by atoms with E-state index in [1.807, 2.05) is 39.2 Å². The molecule has 0 radical (unpaired) electrons. The Balaban J connectivity index is 2.09. The molecule has 4 nitrogen and oxygen atoms in total. The van der Waals surface area contributed by atoms with Crippen LogP contribution < -0.4 is 4.90 Å². The van der Waals surface area contributed by atoms with Crippen molar-refractivity contribution in [3.05, 3.63) is 23.9 Å². The molecule has 0 saturated carbocycles. The molecular formula is C14H21N3O. The van der Waals surface area contributed by atoms with Gasteiger partial charge in [-0.25, -0.2) is 4.98 Å². The second-order valence-corrected chi connectivity index (χ2v) is 5.15. The largest absolute Gasteiger partial charge is 0.356 e. The van der Waals surface area contributed by atoms with Crippen LogP contribution in [0.2, 0.25) is 0 Å². The van der Waals surface area contributed by atoms with Gasteiger partial charge in [0.1, 0.15) is 5.82 Å². The first-order valence-corrected chi connectivity index (χ1v) is 6.47. The zero-order chi connectivity index (χ0) is 13.1. The standard InChI is InChI=1S/C14H21N3O/c1-11-6-4-8-13(15-11)17-9-5-7-12(10-17)14(18)16(2)3/h4,6,8,12H,5,7,9-10H2,1-3H3. The van der Waals surface area contributed by atoms with Crippen LogP contribution in [0.5, 0.6) is 0 Å². The van der Waals surface area contributed by atoms with Crippen LogP contribution in [0.4, 0.5) is 5.82 Å². The molecule has 2 rings (SSSR count). The Hall–Kier alpha value is -1.58. The molecule has 1 unspecified atom stereocenters. The highest BCUT2D eigenvalue weighted by Gasteiger charge is 2.27. The smallest absolute Gasteiger partial charge is 0.226 e. The third-order valence-electron chi connectivity index (χ3n) is 3.41. The molecule has 4 heteroatoms. The fourth-order valence-corrected chi connectivity index (χ4v) is 2.46. The number of nitrogens with zero attached hydrogens (tertiary/aromatic N) is 3. The highest BCUT2D eigenvalue weighted by Crippen LogP contribution is 2.22. The van der Waals surface area contributed by atoms with Gasteiger partial charge in [-0.2, -0.15) is 0 Å². The summed E-state index contributed by atoms with van der Waals surface area (Å²) in [7, 11) is 3.65. The van der Waals surface area contributed by atoms with Crippen molar-refractivity contribution >= 4 is 11.7 Å². The number of rotatable bonds is 2. The molecule has 2 heterocycles. The van der Waals surface area contributed by atoms with Gasteiger partial charge in [0.05, 0.1) is 5.92 Å². The number of anilines is 1. The minimum atomic E-state index is 0.107. The summed E-state index contributed by atoms with van der Waals surface area (Å²) in [5, 5.41) is 0. The van der Waals surface area contributed by atoms with E-state index < -0.39 is 0 Å². The van der Waals surface area contributed by atoms with Crippen LogP contribution >= 0.6 is 0 Å². The van der Waals surface area contributed by atoms with Crippen LogP contribution in [0.25, 0.3) is 0 Å². The van der Waals surface area contributed by atoms with Crippen molar-refractivity contribution < 1.29 is 4.79 Å². The minimum absolute atomic E-state index is 0.107. The van der Waals surface area contributed by atoms with Gasteiger partial charge in [0.15, 0.2) is 0 Å². The molecule has 0 aromatic carbocycles. The first-order chi connectivity index (χ1) is 8.58. The van der Waals surface area contributed by atoms with Crippen LogP contribution in [0.3, 0.4) is 0 Å². The number of hydrogen-bond acceptors (Lipinski definition) is 3. The van der Waals surface area contributed by atoms with E-state index in [4.69, 9.17) is 0 Å². The molecule has 1 aromatic heterocycles. The summed E-state index contributed by atoms with van der Waals surface area (Å²) in [6.07, 6.45) is 2.04. The molecule has 1 aliphatic rings. The van der Waals surface area contributed by atoms with Crippen molar-refractivity contribution in [3.63, 3.8) is 0 Å². The van der Waals surface area contributed by atoms with Crippen LogP contribution in [0, 0.1) is 12.8 Å². The highest BCUT2D eigenvalue weighted by atomic mass is 16.2. The predicted octanol–water partition coefficient (Wildman–Crippen LogP) is 1.69. The Kier molecular flexibility index (Phi) is 3.84. The Morgan fingerprint density at radius 1 is 1.44 bits per heavy atom. The average Bonchev–Trinajstić information content (AvgIpc) is 2.38. The van der Waals surface area contributed by atoms with E-state index in [1.54, 1.807) is 4.90 Å². The molecular weight excluding hydrogens is 226 g/mol. The monoisotopic (exact) mass is 247 g/mol. The summed E-state index contributed by atoms with van der Waals surface area (Å²) < 4.78 is 0. The maximum absolute atomic E-state index is 12.0. The predicted molar refractivity (Wildman–Crippen MR) is 72.6 cm³/mol. The van der Waals surface area contributed by atoms with Gasteiger partial charge in [-0.05, 0) is 31.9 Å². The highest BCUT2D eigenvalue weighted by molar-refractivity contribution is 5.79. The van der Waals surface area contributed by atoms with Gasteiger partial charge in [0.2, 0.25) is 5.91 Å². The second-order valence-electron chi connectivity index (χ2n) is 5.15. The van der Waals surface area contributed by atoms with E-state index in [0.29, 0.717) is 0 Å².